The second-order valence-corrected chi connectivity index (χ2v) is 8.83. The predicted octanol–water partition coefficient (Wildman–Crippen LogP) is 5.01. The lowest BCUT2D eigenvalue weighted by atomic mass is 10.2. The molecule has 30 heavy (non-hydrogen) atoms. The van der Waals surface area contributed by atoms with Crippen LogP contribution in [0.25, 0.3) is 15.9 Å². The van der Waals surface area contributed by atoms with Crippen LogP contribution in [0.15, 0.2) is 60.7 Å². The molecular formula is C23H21ClN4OS. The summed E-state index contributed by atoms with van der Waals surface area (Å²) in [6.07, 6.45) is 0. The molecule has 2 aromatic carbocycles. The number of anilines is 1. The lowest BCUT2D eigenvalue weighted by Gasteiger charge is -2.36. The average Bonchev–Trinajstić information content (AvgIpc) is 3.35. The highest BCUT2D eigenvalue weighted by atomic mass is 35.5. The van der Waals surface area contributed by atoms with Crippen molar-refractivity contribution in [3.8, 4) is 5.69 Å². The molecule has 0 aliphatic carbocycles. The molecule has 4 aromatic rings. The van der Waals surface area contributed by atoms with E-state index in [4.69, 9.17) is 11.6 Å². The van der Waals surface area contributed by atoms with Crippen molar-refractivity contribution in [1.82, 2.24) is 14.7 Å². The van der Waals surface area contributed by atoms with E-state index < -0.39 is 0 Å². The number of fused-ring (bicyclic) bond motifs is 1. The van der Waals surface area contributed by atoms with Crippen molar-refractivity contribution in [2.45, 2.75) is 6.92 Å². The Morgan fingerprint density at radius 1 is 1.00 bits per heavy atom. The number of hydrogen-bond donors (Lipinski definition) is 0. The van der Waals surface area contributed by atoms with Crippen LogP contribution in [-0.4, -0.2) is 46.8 Å². The molecule has 0 saturated carbocycles. The van der Waals surface area contributed by atoms with Crippen LogP contribution < -0.4 is 4.90 Å². The number of benzene rings is 2. The average molecular weight is 437 g/mol. The zero-order valence-electron chi connectivity index (χ0n) is 16.6. The zero-order valence-corrected chi connectivity index (χ0v) is 18.2. The lowest BCUT2D eigenvalue weighted by molar-refractivity contribution is 0.0752. The van der Waals surface area contributed by atoms with Crippen LogP contribution in [0, 0.1) is 6.92 Å². The Bertz CT molecular complexity index is 1210. The first-order valence-corrected chi connectivity index (χ1v) is 11.1. The minimum absolute atomic E-state index is 0.0917. The number of para-hydroxylation sites is 2. The standard InChI is InChI=1S/C23H21ClN4OS/c1-16-18-15-21(30-23(18)28(25-16)17-7-3-2-4-8-17)22(29)27-13-11-26(12-14-27)20-10-6-5-9-19(20)24/h2-10,15H,11-14H2,1H3. The molecule has 1 amide bonds. The first-order valence-electron chi connectivity index (χ1n) is 9.95. The van der Waals surface area contributed by atoms with Crippen LogP contribution in [0.3, 0.4) is 0 Å². The third-order valence-electron chi connectivity index (χ3n) is 5.52. The van der Waals surface area contributed by atoms with Gasteiger partial charge in [0, 0.05) is 31.6 Å². The summed E-state index contributed by atoms with van der Waals surface area (Å²) in [5.74, 6) is 0.0917. The summed E-state index contributed by atoms with van der Waals surface area (Å²) in [7, 11) is 0. The van der Waals surface area contributed by atoms with Crippen LogP contribution >= 0.6 is 22.9 Å². The summed E-state index contributed by atoms with van der Waals surface area (Å²) in [5.41, 5.74) is 2.98. The number of carbonyl (C=O) groups excluding carboxylic acids is 1. The van der Waals surface area contributed by atoms with E-state index in [-0.39, 0.29) is 5.91 Å². The Balaban J connectivity index is 1.36. The second-order valence-electron chi connectivity index (χ2n) is 7.39. The number of amides is 1. The number of piperazine rings is 1. The van der Waals surface area contributed by atoms with Gasteiger partial charge in [0.05, 0.1) is 27.0 Å². The summed E-state index contributed by atoms with van der Waals surface area (Å²) < 4.78 is 1.93. The first kappa shape index (κ1) is 19.2. The van der Waals surface area contributed by atoms with Crippen molar-refractivity contribution in [3.63, 3.8) is 0 Å². The number of aromatic nitrogens is 2. The van der Waals surface area contributed by atoms with Crippen LogP contribution in [-0.2, 0) is 0 Å². The molecule has 7 heteroatoms. The predicted molar refractivity (Wildman–Crippen MR) is 123 cm³/mol. The second kappa shape index (κ2) is 7.78. The van der Waals surface area contributed by atoms with Crippen LogP contribution in [0.2, 0.25) is 5.02 Å². The molecule has 5 rings (SSSR count). The van der Waals surface area contributed by atoms with E-state index in [0.29, 0.717) is 13.1 Å². The minimum atomic E-state index is 0.0917. The number of nitrogens with zero attached hydrogens (tertiary/aromatic N) is 4. The van der Waals surface area contributed by atoms with E-state index >= 15 is 0 Å². The van der Waals surface area contributed by atoms with E-state index in [0.717, 1.165) is 50.3 Å². The van der Waals surface area contributed by atoms with Gasteiger partial charge in [-0.3, -0.25) is 4.79 Å². The van der Waals surface area contributed by atoms with Gasteiger partial charge in [-0.2, -0.15) is 5.10 Å². The Morgan fingerprint density at radius 3 is 2.43 bits per heavy atom. The molecule has 0 atom stereocenters. The monoisotopic (exact) mass is 436 g/mol. The normalized spacial score (nSPS) is 14.5. The molecule has 0 spiro atoms. The molecule has 3 heterocycles. The van der Waals surface area contributed by atoms with E-state index in [1.807, 2.05) is 77.2 Å². The lowest BCUT2D eigenvalue weighted by Crippen LogP contribution is -2.48. The van der Waals surface area contributed by atoms with Crippen molar-refractivity contribution >= 4 is 44.7 Å². The number of halogens is 1. The third-order valence-corrected chi connectivity index (χ3v) is 6.93. The van der Waals surface area contributed by atoms with Gasteiger partial charge in [-0.05, 0) is 37.3 Å². The maximum atomic E-state index is 13.2. The number of thiophene rings is 1. The van der Waals surface area contributed by atoms with Crippen molar-refractivity contribution in [2.24, 2.45) is 0 Å². The summed E-state index contributed by atoms with van der Waals surface area (Å²) in [5, 5.41) is 6.46. The van der Waals surface area contributed by atoms with Gasteiger partial charge >= 0.3 is 0 Å². The van der Waals surface area contributed by atoms with Gasteiger partial charge in [-0.1, -0.05) is 41.9 Å². The largest absolute Gasteiger partial charge is 0.367 e. The molecule has 1 saturated heterocycles. The molecule has 1 aliphatic heterocycles. The van der Waals surface area contributed by atoms with Crippen LogP contribution in [0.5, 0.6) is 0 Å². The molecular weight excluding hydrogens is 416 g/mol. The van der Waals surface area contributed by atoms with E-state index in [9.17, 15) is 4.79 Å². The van der Waals surface area contributed by atoms with Gasteiger partial charge in [0.15, 0.2) is 0 Å². The van der Waals surface area contributed by atoms with Crippen LogP contribution in [0.4, 0.5) is 5.69 Å². The van der Waals surface area contributed by atoms with Gasteiger partial charge in [0.2, 0.25) is 0 Å². The quantitative estimate of drug-likeness (QED) is 0.453. The number of carbonyl (C=O) groups is 1. The van der Waals surface area contributed by atoms with E-state index in [2.05, 4.69) is 10.00 Å². The highest BCUT2D eigenvalue weighted by Gasteiger charge is 2.25. The summed E-state index contributed by atoms with van der Waals surface area (Å²) in [4.78, 5) is 19.2. The van der Waals surface area contributed by atoms with E-state index in [1.165, 1.54) is 11.3 Å². The Kier molecular flexibility index (Phi) is 4.97. The van der Waals surface area contributed by atoms with Crippen LogP contribution in [0.1, 0.15) is 15.4 Å². The molecule has 1 fully saturated rings. The summed E-state index contributed by atoms with van der Waals surface area (Å²) >= 11 is 7.85. The number of rotatable bonds is 3. The number of aryl methyl sites for hydroxylation is 1. The van der Waals surface area contributed by atoms with Crippen molar-refractivity contribution in [2.75, 3.05) is 31.1 Å². The molecule has 152 valence electrons. The molecule has 1 aliphatic rings. The maximum Gasteiger partial charge on any atom is 0.264 e. The molecule has 0 unspecified atom stereocenters. The van der Waals surface area contributed by atoms with Gasteiger partial charge < -0.3 is 9.80 Å². The fourth-order valence-corrected chi connectivity index (χ4v) is 5.32. The third kappa shape index (κ3) is 3.36. The molecule has 2 aromatic heterocycles. The Hall–Kier alpha value is -2.83. The molecule has 5 nitrogen and oxygen atoms in total. The van der Waals surface area contributed by atoms with Crippen molar-refractivity contribution < 1.29 is 4.79 Å². The summed E-state index contributed by atoms with van der Waals surface area (Å²) in [6, 6.07) is 19.9. The minimum Gasteiger partial charge on any atom is -0.367 e. The van der Waals surface area contributed by atoms with Crippen molar-refractivity contribution in [3.05, 3.63) is 76.3 Å². The fourth-order valence-electron chi connectivity index (χ4n) is 3.91. The fraction of sp³-hybridized carbons (Fsp3) is 0.217. The Morgan fingerprint density at radius 2 is 1.70 bits per heavy atom. The topological polar surface area (TPSA) is 41.4 Å². The maximum absolute atomic E-state index is 13.2. The SMILES string of the molecule is Cc1nn(-c2ccccc2)c2sc(C(=O)N3CCN(c4ccccc4Cl)CC3)cc12. The van der Waals surface area contributed by atoms with E-state index in [1.54, 1.807) is 0 Å². The van der Waals surface area contributed by atoms with Crippen molar-refractivity contribution in [1.29, 1.82) is 0 Å². The Labute approximate surface area is 184 Å². The molecule has 0 N–H and O–H groups in total. The van der Waals surface area contributed by atoms with Gasteiger partial charge in [0.25, 0.3) is 5.91 Å². The zero-order chi connectivity index (χ0) is 20.7. The number of hydrogen-bond acceptors (Lipinski definition) is 4. The first-order chi connectivity index (χ1) is 14.6. The smallest absolute Gasteiger partial charge is 0.264 e. The summed E-state index contributed by atoms with van der Waals surface area (Å²) in [6.45, 7) is 4.91. The highest BCUT2D eigenvalue weighted by molar-refractivity contribution is 7.20. The van der Waals surface area contributed by atoms with Gasteiger partial charge in [-0.15, -0.1) is 11.3 Å². The highest BCUT2D eigenvalue weighted by Crippen LogP contribution is 2.32. The van der Waals surface area contributed by atoms with Gasteiger partial charge in [0.1, 0.15) is 4.83 Å². The molecule has 0 bridgehead atoms. The van der Waals surface area contributed by atoms with Gasteiger partial charge in [-0.25, -0.2) is 4.68 Å². The molecule has 0 radical (unpaired) electrons.